The zero-order valence-electron chi connectivity index (χ0n) is 15.9. The smallest absolute Gasteiger partial charge is 0.272 e. The summed E-state index contributed by atoms with van der Waals surface area (Å²) in [5, 5.41) is 3.41. The number of aromatic nitrogens is 2. The van der Waals surface area contributed by atoms with Crippen LogP contribution in [0.2, 0.25) is 0 Å². The third-order valence-electron chi connectivity index (χ3n) is 4.56. The van der Waals surface area contributed by atoms with E-state index in [9.17, 15) is 4.79 Å². The number of aryl methyl sites for hydroxylation is 2. The lowest BCUT2D eigenvalue weighted by Gasteiger charge is -2.18. The SMILES string of the molecule is Cc1cccc(C)c1Nc1ccnc(C(=O)N(C)CCc2ccncc2)c1. The number of rotatable bonds is 6. The Morgan fingerprint density at radius 2 is 1.74 bits per heavy atom. The molecule has 0 bridgehead atoms. The van der Waals surface area contributed by atoms with Gasteiger partial charge in [0.15, 0.2) is 0 Å². The number of hydrogen-bond acceptors (Lipinski definition) is 4. The normalized spacial score (nSPS) is 10.5. The van der Waals surface area contributed by atoms with Gasteiger partial charge in [-0.1, -0.05) is 18.2 Å². The first-order chi connectivity index (χ1) is 13.0. The summed E-state index contributed by atoms with van der Waals surface area (Å²) in [6.45, 7) is 4.75. The number of amides is 1. The molecule has 3 aromatic rings. The van der Waals surface area contributed by atoms with Crippen molar-refractivity contribution in [3.8, 4) is 0 Å². The minimum atomic E-state index is -0.0887. The molecule has 0 radical (unpaired) electrons. The molecule has 138 valence electrons. The van der Waals surface area contributed by atoms with Gasteiger partial charge in [0.25, 0.3) is 5.91 Å². The highest BCUT2D eigenvalue weighted by atomic mass is 16.2. The second-order valence-electron chi connectivity index (χ2n) is 6.65. The van der Waals surface area contributed by atoms with Crippen LogP contribution in [0.15, 0.2) is 61.1 Å². The summed E-state index contributed by atoms with van der Waals surface area (Å²) in [5.41, 5.74) is 5.83. The molecule has 1 N–H and O–H groups in total. The van der Waals surface area contributed by atoms with Gasteiger partial charge >= 0.3 is 0 Å². The van der Waals surface area contributed by atoms with E-state index in [0.29, 0.717) is 12.2 Å². The summed E-state index contributed by atoms with van der Waals surface area (Å²) < 4.78 is 0. The monoisotopic (exact) mass is 360 g/mol. The number of likely N-dealkylation sites (N-methyl/N-ethyl adjacent to an activating group) is 1. The van der Waals surface area contributed by atoms with E-state index < -0.39 is 0 Å². The average molecular weight is 360 g/mol. The fourth-order valence-electron chi connectivity index (χ4n) is 2.92. The lowest BCUT2D eigenvalue weighted by Crippen LogP contribution is -2.29. The molecular formula is C22H24N4O. The summed E-state index contributed by atoms with van der Waals surface area (Å²) in [5.74, 6) is -0.0887. The van der Waals surface area contributed by atoms with Crippen LogP contribution >= 0.6 is 0 Å². The summed E-state index contributed by atoms with van der Waals surface area (Å²) >= 11 is 0. The maximum Gasteiger partial charge on any atom is 0.272 e. The van der Waals surface area contributed by atoms with Gasteiger partial charge in [-0.05, 0) is 61.2 Å². The molecule has 0 spiro atoms. The molecule has 5 heteroatoms. The van der Waals surface area contributed by atoms with Crippen LogP contribution in [0.1, 0.15) is 27.2 Å². The lowest BCUT2D eigenvalue weighted by atomic mass is 10.1. The first kappa shape index (κ1) is 18.6. The van der Waals surface area contributed by atoms with Crippen molar-refractivity contribution in [3.05, 3.63) is 83.4 Å². The highest BCUT2D eigenvalue weighted by Crippen LogP contribution is 2.24. The second kappa shape index (κ2) is 8.45. The van der Waals surface area contributed by atoms with E-state index in [0.717, 1.165) is 34.5 Å². The Hall–Kier alpha value is -3.21. The van der Waals surface area contributed by atoms with Crippen LogP contribution in [0.5, 0.6) is 0 Å². The first-order valence-electron chi connectivity index (χ1n) is 8.98. The third-order valence-corrected chi connectivity index (χ3v) is 4.56. The van der Waals surface area contributed by atoms with Crippen molar-refractivity contribution in [1.29, 1.82) is 0 Å². The van der Waals surface area contributed by atoms with Gasteiger partial charge in [0, 0.05) is 43.6 Å². The maximum atomic E-state index is 12.7. The number of carbonyl (C=O) groups is 1. The van der Waals surface area contributed by atoms with Crippen LogP contribution < -0.4 is 5.32 Å². The van der Waals surface area contributed by atoms with Crippen LogP contribution in [-0.4, -0.2) is 34.4 Å². The highest BCUT2D eigenvalue weighted by Gasteiger charge is 2.14. The average Bonchev–Trinajstić information content (AvgIpc) is 2.69. The van der Waals surface area contributed by atoms with Gasteiger partial charge in [-0.15, -0.1) is 0 Å². The van der Waals surface area contributed by atoms with Crippen molar-refractivity contribution in [2.45, 2.75) is 20.3 Å². The van der Waals surface area contributed by atoms with Crippen LogP contribution in [0.25, 0.3) is 0 Å². The van der Waals surface area contributed by atoms with Gasteiger partial charge in [0.2, 0.25) is 0 Å². The fraction of sp³-hybridized carbons (Fsp3) is 0.227. The number of nitrogens with one attached hydrogen (secondary N) is 1. The number of nitrogens with zero attached hydrogens (tertiary/aromatic N) is 3. The number of carbonyl (C=O) groups excluding carboxylic acids is 1. The predicted octanol–water partition coefficient (Wildman–Crippen LogP) is 4.15. The van der Waals surface area contributed by atoms with E-state index in [4.69, 9.17) is 0 Å². The molecule has 0 saturated heterocycles. The van der Waals surface area contributed by atoms with Gasteiger partial charge in [0.05, 0.1) is 0 Å². The number of benzene rings is 1. The summed E-state index contributed by atoms with van der Waals surface area (Å²) in [4.78, 5) is 22.7. The van der Waals surface area contributed by atoms with Gasteiger partial charge in [-0.25, -0.2) is 0 Å². The van der Waals surface area contributed by atoms with Gasteiger partial charge in [0.1, 0.15) is 5.69 Å². The Kier molecular flexibility index (Phi) is 5.81. The van der Waals surface area contributed by atoms with Gasteiger partial charge in [-0.2, -0.15) is 0 Å². The molecule has 0 fully saturated rings. The van der Waals surface area contributed by atoms with Crippen molar-refractivity contribution in [2.75, 3.05) is 18.9 Å². The Morgan fingerprint density at radius 1 is 1.04 bits per heavy atom. The molecule has 0 aliphatic carbocycles. The second-order valence-corrected chi connectivity index (χ2v) is 6.65. The Bertz CT molecular complexity index is 904. The largest absolute Gasteiger partial charge is 0.355 e. The minimum Gasteiger partial charge on any atom is -0.355 e. The quantitative estimate of drug-likeness (QED) is 0.717. The minimum absolute atomic E-state index is 0.0887. The van der Waals surface area contributed by atoms with Crippen molar-refractivity contribution < 1.29 is 4.79 Å². The molecule has 2 aromatic heterocycles. The van der Waals surface area contributed by atoms with Crippen LogP contribution in [0.4, 0.5) is 11.4 Å². The zero-order valence-corrected chi connectivity index (χ0v) is 15.9. The summed E-state index contributed by atoms with van der Waals surface area (Å²) in [6.07, 6.45) is 5.98. The van der Waals surface area contributed by atoms with Crippen molar-refractivity contribution >= 4 is 17.3 Å². The number of anilines is 2. The van der Waals surface area contributed by atoms with E-state index >= 15 is 0 Å². The van der Waals surface area contributed by atoms with Crippen molar-refractivity contribution in [2.24, 2.45) is 0 Å². The molecule has 0 saturated carbocycles. The topological polar surface area (TPSA) is 58.1 Å². The van der Waals surface area contributed by atoms with E-state index in [2.05, 4.69) is 41.3 Å². The van der Waals surface area contributed by atoms with E-state index in [1.165, 1.54) is 0 Å². The molecule has 0 unspecified atom stereocenters. The Morgan fingerprint density at radius 3 is 2.44 bits per heavy atom. The van der Waals surface area contributed by atoms with Crippen molar-refractivity contribution in [1.82, 2.24) is 14.9 Å². The molecule has 3 rings (SSSR count). The Labute approximate surface area is 160 Å². The van der Waals surface area contributed by atoms with Gasteiger partial charge in [-0.3, -0.25) is 14.8 Å². The fourth-order valence-corrected chi connectivity index (χ4v) is 2.92. The first-order valence-corrected chi connectivity index (χ1v) is 8.98. The summed E-state index contributed by atoms with van der Waals surface area (Å²) in [7, 11) is 1.80. The van der Waals surface area contributed by atoms with E-state index in [-0.39, 0.29) is 5.91 Å². The molecule has 27 heavy (non-hydrogen) atoms. The zero-order chi connectivity index (χ0) is 19.2. The standard InChI is InChI=1S/C22H24N4O/c1-16-5-4-6-17(2)21(16)25-19-9-13-24-20(15-19)22(27)26(3)14-10-18-7-11-23-12-8-18/h4-9,11-13,15H,10,14H2,1-3H3,(H,24,25). The summed E-state index contributed by atoms with van der Waals surface area (Å²) in [6, 6.07) is 13.8. The van der Waals surface area contributed by atoms with Crippen molar-refractivity contribution in [3.63, 3.8) is 0 Å². The maximum absolute atomic E-state index is 12.7. The van der Waals surface area contributed by atoms with Crippen LogP contribution in [0.3, 0.4) is 0 Å². The van der Waals surface area contributed by atoms with E-state index in [1.54, 1.807) is 36.6 Å². The molecule has 0 aliphatic heterocycles. The highest BCUT2D eigenvalue weighted by molar-refractivity contribution is 5.93. The van der Waals surface area contributed by atoms with E-state index in [1.807, 2.05) is 24.3 Å². The molecule has 1 amide bonds. The molecule has 0 aliphatic rings. The lowest BCUT2D eigenvalue weighted by molar-refractivity contribution is 0.0791. The number of para-hydroxylation sites is 1. The number of pyridine rings is 2. The molecule has 5 nitrogen and oxygen atoms in total. The van der Waals surface area contributed by atoms with Crippen LogP contribution in [0, 0.1) is 13.8 Å². The molecule has 1 aromatic carbocycles. The predicted molar refractivity (Wildman–Crippen MR) is 108 cm³/mol. The molecule has 2 heterocycles. The molecule has 0 atom stereocenters. The number of hydrogen-bond donors (Lipinski definition) is 1. The third kappa shape index (κ3) is 4.70. The van der Waals surface area contributed by atoms with Gasteiger partial charge < -0.3 is 10.2 Å². The Balaban J connectivity index is 1.69. The molecular weight excluding hydrogens is 336 g/mol. The van der Waals surface area contributed by atoms with Crippen LogP contribution in [-0.2, 0) is 6.42 Å².